The van der Waals surface area contributed by atoms with Crippen LogP contribution in [0.2, 0.25) is 0 Å². The molecule has 2 aromatic heterocycles. The van der Waals surface area contributed by atoms with Crippen LogP contribution in [0.1, 0.15) is 27.2 Å². The summed E-state index contributed by atoms with van der Waals surface area (Å²) in [5.74, 6) is -0.190. The van der Waals surface area contributed by atoms with E-state index in [-0.39, 0.29) is 18.0 Å². The number of amides is 1. The molecule has 6 nitrogen and oxygen atoms in total. The third kappa shape index (κ3) is 3.57. The van der Waals surface area contributed by atoms with Crippen LogP contribution in [-0.2, 0) is 6.54 Å². The SMILES string of the molecule is Cc1ccc(-c2nn3c(=O)cc(CNC(=O)c4ccccc4C)nc3s2)cc1. The van der Waals surface area contributed by atoms with E-state index < -0.39 is 0 Å². The van der Waals surface area contributed by atoms with E-state index in [0.717, 1.165) is 21.7 Å². The molecule has 2 heterocycles. The first kappa shape index (κ1) is 18.1. The van der Waals surface area contributed by atoms with E-state index in [1.807, 2.05) is 56.3 Å². The largest absolute Gasteiger partial charge is 0.346 e. The standard InChI is InChI=1S/C21H18N4O2S/c1-13-7-9-15(10-8-13)20-24-25-18(26)11-16(23-21(25)28-20)12-22-19(27)17-6-4-3-5-14(17)2/h3-11H,12H2,1-2H3,(H,22,27). The number of hydrogen-bond acceptors (Lipinski definition) is 5. The Balaban J connectivity index is 1.59. The normalized spacial score (nSPS) is 10.9. The highest BCUT2D eigenvalue weighted by Crippen LogP contribution is 2.24. The van der Waals surface area contributed by atoms with E-state index >= 15 is 0 Å². The van der Waals surface area contributed by atoms with Crippen LogP contribution in [0.25, 0.3) is 15.5 Å². The van der Waals surface area contributed by atoms with Gasteiger partial charge in [-0.05, 0) is 25.5 Å². The summed E-state index contributed by atoms with van der Waals surface area (Å²) in [6.07, 6.45) is 0. The van der Waals surface area contributed by atoms with E-state index in [9.17, 15) is 9.59 Å². The summed E-state index contributed by atoms with van der Waals surface area (Å²) in [5.41, 5.74) is 3.85. The molecule has 140 valence electrons. The zero-order valence-corrected chi connectivity index (χ0v) is 16.3. The summed E-state index contributed by atoms with van der Waals surface area (Å²) < 4.78 is 1.30. The number of carbonyl (C=O) groups excluding carboxylic acids is 1. The van der Waals surface area contributed by atoms with Gasteiger partial charge in [0.1, 0.15) is 5.01 Å². The highest BCUT2D eigenvalue weighted by atomic mass is 32.1. The van der Waals surface area contributed by atoms with Gasteiger partial charge in [-0.25, -0.2) is 4.98 Å². The monoisotopic (exact) mass is 390 g/mol. The van der Waals surface area contributed by atoms with Gasteiger partial charge in [-0.1, -0.05) is 59.4 Å². The second-order valence-corrected chi connectivity index (χ2v) is 7.51. The van der Waals surface area contributed by atoms with Crippen LogP contribution >= 0.6 is 11.3 Å². The molecule has 0 bridgehead atoms. The zero-order valence-electron chi connectivity index (χ0n) is 15.5. The number of nitrogens with one attached hydrogen (secondary N) is 1. The fraction of sp³-hybridized carbons (Fsp3) is 0.143. The molecule has 0 radical (unpaired) electrons. The zero-order chi connectivity index (χ0) is 19.7. The molecule has 0 aliphatic rings. The minimum atomic E-state index is -0.264. The maximum atomic E-state index is 12.4. The summed E-state index contributed by atoms with van der Waals surface area (Å²) >= 11 is 1.35. The summed E-state index contributed by atoms with van der Waals surface area (Å²) in [6, 6.07) is 16.7. The number of aryl methyl sites for hydroxylation is 2. The number of aromatic nitrogens is 3. The van der Waals surface area contributed by atoms with Crippen LogP contribution in [0, 0.1) is 13.8 Å². The van der Waals surface area contributed by atoms with Gasteiger partial charge in [-0.3, -0.25) is 9.59 Å². The Kier molecular flexibility index (Phi) is 4.75. The van der Waals surface area contributed by atoms with Gasteiger partial charge in [0.15, 0.2) is 0 Å². The lowest BCUT2D eigenvalue weighted by Gasteiger charge is -2.07. The Bertz CT molecular complexity index is 1230. The minimum absolute atomic E-state index is 0.177. The lowest BCUT2D eigenvalue weighted by molar-refractivity contribution is 0.0950. The Labute approximate surface area is 165 Å². The first-order valence-corrected chi connectivity index (χ1v) is 9.63. The van der Waals surface area contributed by atoms with Crippen molar-refractivity contribution in [3.05, 3.63) is 87.3 Å². The average Bonchev–Trinajstić information content (AvgIpc) is 3.12. The molecule has 7 heteroatoms. The van der Waals surface area contributed by atoms with Crippen molar-refractivity contribution in [1.82, 2.24) is 19.9 Å². The summed E-state index contributed by atoms with van der Waals surface area (Å²) in [5, 5.41) is 7.94. The summed E-state index contributed by atoms with van der Waals surface area (Å²) in [4.78, 5) is 29.8. The Morgan fingerprint density at radius 3 is 2.61 bits per heavy atom. The molecule has 0 aliphatic carbocycles. The molecule has 0 atom stereocenters. The maximum Gasteiger partial charge on any atom is 0.275 e. The molecule has 0 unspecified atom stereocenters. The molecule has 4 aromatic rings. The number of benzene rings is 2. The van der Waals surface area contributed by atoms with Crippen molar-refractivity contribution >= 4 is 22.2 Å². The molecular formula is C21H18N4O2S. The van der Waals surface area contributed by atoms with E-state index in [1.54, 1.807) is 6.07 Å². The predicted molar refractivity (Wildman–Crippen MR) is 110 cm³/mol. The molecule has 28 heavy (non-hydrogen) atoms. The second kappa shape index (κ2) is 7.36. The number of fused-ring (bicyclic) bond motifs is 1. The van der Waals surface area contributed by atoms with Crippen LogP contribution in [0.3, 0.4) is 0 Å². The van der Waals surface area contributed by atoms with Gasteiger partial charge < -0.3 is 5.32 Å². The number of rotatable bonds is 4. The topological polar surface area (TPSA) is 76.4 Å². The van der Waals surface area contributed by atoms with Crippen LogP contribution in [0.15, 0.2) is 59.4 Å². The van der Waals surface area contributed by atoms with Crippen LogP contribution in [0.4, 0.5) is 0 Å². The highest BCUT2D eigenvalue weighted by Gasteiger charge is 2.12. The van der Waals surface area contributed by atoms with Gasteiger partial charge in [0.25, 0.3) is 11.5 Å². The summed E-state index contributed by atoms with van der Waals surface area (Å²) in [6.45, 7) is 4.08. The first-order chi connectivity index (χ1) is 13.5. The van der Waals surface area contributed by atoms with Crippen molar-refractivity contribution in [1.29, 1.82) is 0 Å². The number of hydrogen-bond donors (Lipinski definition) is 1. The van der Waals surface area contributed by atoms with Crippen LogP contribution in [-0.4, -0.2) is 20.5 Å². The van der Waals surface area contributed by atoms with Crippen molar-refractivity contribution in [3.8, 4) is 10.6 Å². The quantitative estimate of drug-likeness (QED) is 0.580. The van der Waals surface area contributed by atoms with Gasteiger partial charge in [0, 0.05) is 17.2 Å². The van der Waals surface area contributed by atoms with Crippen molar-refractivity contribution in [2.75, 3.05) is 0 Å². The molecular weight excluding hydrogens is 372 g/mol. The van der Waals surface area contributed by atoms with Gasteiger partial charge >= 0.3 is 0 Å². The molecule has 1 amide bonds. The summed E-state index contributed by atoms with van der Waals surface area (Å²) in [7, 11) is 0. The maximum absolute atomic E-state index is 12.4. The highest BCUT2D eigenvalue weighted by molar-refractivity contribution is 7.19. The van der Waals surface area contributed by atoms with Crippen LogP contribution < -0.4 is 10.9 Å². The Morgan fingerprint density at radius 2 is 1.86 bits per heavy atom. The lowest BCUT2D eigenvalue weighted by atomic mass is 10.1. The molecule has 0 spiro atoms. The first-order valence-electron chi connectivity index (χ1n) is 8.82. The third-order valence-electron chi connectivity index (χ3n) is 4.42. The molecule has 4 rings (SSSR count). The van der Waals surface area contributed by atoms with Gasteiger partial charge in [-0.15, -0.1) is 0 Å². The van der Waals surface area contributed by atoms with Crippen LogP contribution in [0.5, 0.6) is 0 Å². The molecule has 2 aromatic carbocycles. The molecule has 0 saturated heterocycles. The van der Waals surface area contributed by atoms with Gasteiger partial charge in [0.05, 0.1) is 12.2 Å². The lowest BCUT2D eigenvalue weighted by Crippen LogP contribution is -2.25. The third-order valence-corrected chi connectivity index (χ3v) is 5.37. The van der Waals surface area contributed by atoms with Crippen molar-refractivity contribution in [2.24, 2.45) is 0 Å². The minimum Gasteiger partial charge on any atom is -0.346 e. The van der Waals surface area contributed by atoms with Gasteiger partial charge in [0.2, 0.25) is 4.96 Å². The number of nitrogens with zero attached hydrogens (tertiary/aromatic N) is 3. The molecule has 0 saturated carbocycles. The second-order valence-electron chi connectivity index (χ2n) is 6.55. The smallest absolute Gasteiger partial charge is 0.275 e. The fourth-order valence-electron chi connectivity index (χ4n) is 2.85. The Morgan fingerprint density at radius 1 is 1.11 bits per heavy atom. The molecule has 0 fully saturated rings. The molecule has 0 aliphatic heterocycles. The van der Waals surface area contributed by atoms with E-state index in [1.165, 1.54) is 21.9 Å². The van der Waals surface area contributed by atoms with Crippen molar-refractivity contribution in [2.45, 2.75) is 20.4 Å². The predicted octanol–water partition coefficient (Wildman–Crippen LogP) is 3.36. The Hall–Kier alpha value is -3.32. The van der Waals surface area contributed by atoms with Gasteiger partial charge in [-0.2, -0.15) is 9.61 Å². The van der Waals surface area contributed by atoms with E-state index in [4.69, 9.17) is 0 Å². The number of carbonyl (C=O) groups is 1. The van der Waals surface area contributed by atoms with Crippen molar-refractivity contribution < 1.29 is 4.79 Å². The van der Waals surface area contributed by atoms with E-state index in [2.05, 4.69) is 15.4 Å². The fourth-order valence-corrected chi connectivity index (χ4v) is 3.78. The molecule has 1 N–H and O–H groups in total. The van der Waals surface area contributed by atoms with Crippen molar-refractivity contribution in [3.63, 3.8) is 0 Å². The van der Waals surface area contributed by atoms with E-state index in [0.29, 0.717) is 16.2 Å². The average molecular weight is 390 g/mol.